The van der Waals surface area contributed by atoms with Gasteiger partial charge in [-0.25, -0.2) is 0 Å². The van der Waals surface area contributed by atoms with Crippen molar-refractivity contribution >= 4 is 17.4 Å². The van der Waals surface area contributed by atoms with Gasteiger partial charge in [-0.2, -0.15) is 0 Å². The summed E-state index contributed by atoms with van der Waals surface area (Å²) in [6, 6.07) is 0. The Labute approximate surface area is 65.3 Å². The molecule has 0 N–H and O–H groups in total. The number of ether oxygens (including phenoxy) is 2. The van der Waals surface area contributed by atoms with Crippen LogP contribution in [0.25, 0.3) is 0 Å². The average molecular weight is 167 g/mol. The second kappa shape index (κ2) is 4.66. The number of methoxy groups -OCH3 is 2. The van der Waals surface area contributed by atoms with Crippen molar-refractivity contribution in [2.75, 3.05) is 14.2 Å². The summed E-state index contributed by atoms with van der Waals surface area (Å²) < 4.78 is 9.50. The zero-order valence-corrected chi connectivity index (χ0v) is 7.01. The van der Waals surface area contributed by atoms with Gasteiger partial charge in [-0.1, -0.05) is 0 Å². The van der Waals surface area contributed by atoms with Crippen LogP contribution in [0.3, 0.4) is 0 Å². The summed E-state index contributed by atoms with van der Waals surface area (Å²) in [5.41, 5.74) is 0. The highest BCUT2D eigenvalue weighted by Gasteiger charge is 2.21. The number of halogens is 1. The predicted molar refractivity (Wildman–Crippen MR) is 38.1 cm³/mol. The van der Waals surface area contributed by atoms with Crippen molar-refractivity contribution in [2.45, 2.75) is 18.6 Å². The Hall–Kier alpha value is -0.120. The maximum atomic E-state index is 10.6. The number of ketones is 1. The summed E-state index contributed by atoms with van der Waals surface area (Å²) >= 11 is 5.58. The molecule has 0 bridgehead atoms. The summed E-state index contributed by atoms with van der Waals surface area (Å²) in [5, 5.41) is -0.713. The molecular weight excluding hydrogens is 156 g/mol. The van der Waals surface area contributed by atoms with E-state index in [0.717, 1.165) is 0 Å². The molecule has 0 aliphatic heterocycles. The third-order valence-corrected chi connectivity index (χ3v) is 1.60. The Bertz CT molecular complexity index is 112. The van der Waals surface area contributed by atoms with E-state index >= 15 is 0 Å². The number of rotatable bonds is 4. The summed E-state index contributed by atoms with van der Waals surface area (Å²) in [4.78, 5) is 10.6. The highest BCUT2D eigenvalue weighted by molar-refractivity contribution is 6.31. The van der Waals surface area contributed by atoms with Crippen molar-refractivity contribution in [1.29, 1.82) is 0 Å². The fourth-order valence-electron chi connectivity index (χ4n) is 0.527. The van der Waals surface area contributed by atoms with E-state index in [2.05, 4.69) is 0 Å². The van der Waals surface area contributed by atoms with Crippen LogP contribution in [0.15, 0.2) is 0 Å². The van der Waals surface area contributed by atoms with Gasteiger partial charge in [0.2, 0.25) is 0 Å². The zero-order chi connectivity index (χ0) is 8.15. The van der Waals surface area contributed by atoms with Crippen molar-refractivity contribution in [3.63, 3.8) is 0 Å². The van der Waals surface area contributed by atoms with Gasteiger partial charge < -0.3 is 9.47 Å². The lowest BCUT2D eigenvalue weighted by Gasteiger charge is -2.16. The SMILES string of the molecule is COC(OC)C(Cl)C(C)=O. The van der Waals surface area contributed by atoms with Gasteiger partial charge in [-0.05, 0) is 6.92 Å². The average Bonchev–Trinajstić information content (AvgIpc) is 1.90. The molecule has 0 aliphatic rings. The fraction of sp³-hybridized carbons (Fsp3) is 0.833. The van der Waals surface area contributed by atoms with Gasteiger partial charge in [0.05, 0.1) is 0 Å². The molecule has 60 valence electrons. The summed E-state index contributed by atoms with van der Waals surface area (Å²) in [6.45, 7) is 1.39. The maximum Gasteiger partial charge on any atom is 0.180 e. The van der Waals surface area contributed by atoms with Crippen LogP contribution in [0.5, 0.6) is 0 Å². The normalized spacial score (nSPS) is 13.7. The molecule has 0 radical (unpaired) electrons. The van der Waals surface area contributed by atoms with Gasteiger partial charge in [-0.3, -0.25) is 4.79 Å². The molecule has 3 nitrogen and oxygen atoms in total. The van der Waals surface area contributed by atoms with Gasteiger partial charge >= 0.3 is 0 Å². The maximum absolute atomic E-state index is 10.6. The van der Waals surface area contributed by atoms with Crippen LogP contribution in [0.4, 0.5) is 0 Å². The van der Waals surface area contributed by atoms with E-state index in [1.165, 1.54) is 21.1 Å². The highest BCUT2D eigenvalue weighted by atomic mass is 35.5. The topological polar surface area (TPSA) is 35.5 Å². The first kappa shape index (κ1) is 9.88. The van der Waals surface area contributed by atoms with Crippen LogP contribution < -0.4 is 0 Å². The van der Waals surface area contributed by atoms with Gasteiger partial charge in [0.25, 0.3) is 0 Å². The van der Waals surface area contributed by atoms with E-state index in [4.69, 9.17) is 21.1 Å². The van der Waals surface area contributed by atoms with Crippen LogP contribution in [-0.4, -0.2) is 31.7 Å². The summed E-state index contributed by atoms with van der Waals surface area (Å²) in [7, 11) is 2.87. The lowest BCUT2D eigenvalue weighted by Crippen LogP contribution is -2.30. The molecule has 0 aromatic rings. The molecule has 0 heterocycles. The molecular formula is C6H11ClO3. The Morgan fingerprint density at radius 2 is 1.80 bits per heavy atom. The third kappa shape index (κ3) is 2.64. The molecule has 0 aromatic heterocycles. The number of alkyl halides is 1. The molecule has 0 rings (SSSR count). The van der Waals surface area contributed by atoms with Crippen molar-refractivity contribution in [3.8, 4) is 0 Å². The fourth-order valence-corrected chi connectivity index (χ4v) is 0.733. The monoisotopic (exact) mass is 166 g/mol. The number of carbonyl (C=O) groups excluding carboxylic acids is 1. The molecule has 0 spiro atoms. The molecule has 10 heavy (non-hydrogen) atoms. The first-order chi connectivity index (χ1) is 4.63. The third-order valence-electron chi connectivity index (χ3n) is 1.09. The van der Waals surface area contributed by atoms with Crippen LogP contribution in [0.1, 0.15) is 6.92 Å². The van der Waals surface area contributed by atoms with Gasteiger partial charge in [-0.15, -0.1) is 11.6 Å². The molecule has 0 saturated heterocycles. The van der Waals surface area contributed by atoms with E-state index < -0.39 is 11.7 Å². The summed E-state index contributed by atoms with van der Waals surface area (Å²) in [6.07, 6.45) is -0.640. The second-order valence-electron chi connectivity index (χ2n) is 1.85. The van der Waals surface area contributed by atoms with E-state index in [0.29, 0.717) is 0 Å². The van der Waals surface area contributed by atoms with E-state index in [1.54, 1.807) is 0 Å². The lowest BCUT2D eigenvalue weighted by molar-refractivity contribution is -0.134. The Kier molecular flexibility index (Phi) is 4.60. The largest absolute Gasteiger partial charge is 0.354 e. The smallest absolute Gasteiger partial charge is 0.180 e. The van der Waals surface area contributed by atoms with Crippen molar-refractivity contribution in [3.05, 3.63) is 0 Å². The minimum Gasteiger partial charge on any atom is -0.354 e. The first-order valence-corrected chi connectivity index (χ1v) is 3.27. The number of hydrogen-bond acceptors (Lipinski definition) is 3. The molecule has 0 saturated carbocycles. The quantitative estimate of drug-likeness (QED) is 0.458. The predicted octanol–water partition coefficient (Wildman–Crippen LogP) is 0.802. The molecule has 0 aliphatic carbocycles. The summed E-state index contributed by atoms with van der Waals surface area (Å²) in [5.74, 6) is -0.157. The number of carbonyl (C=O) groups is 1. The number of Topliss-reactive ketones (excluding diaryl/α,β-unsaturated/α-hetero) is 1. The minimum atomic E-state index is -0.713. The molecule has 0 aromatic carbocycles. The number of hydrogen-bond donors (Lipinski definition) is 0. The van der Waals surface area contributed by atoms with Gasteiger partial charge in [0.15, 0.2) is 12.1 Å². The van der Waals surface area contributed by atoms with Crippen LogP contribution in [-0.2, 0) is 14.3 Å². The molecule has 1 atom stereocenters. The molecule has 0 amide bonds. The zero-order valence-electron chi connectivity index (χ0n) is 6.26. The Morgan fingerprint density at radius 1 is 1.40 bits per heavy atom. The van der Waals surface area contributed by atoms with Crippen molar-refractivity contribution in [2.24, 2.45) is 0 Å². The first-order valence-electron chi connectivity index (χ1n) is 2.83. The lowest BCUT2D eigenvalue weighted by atomic mass is 10.3. The highest BCUT2D eigenvalue weighted by Crippen LogP contribution is 2.07. The van der Waals surface area contributed by atoms with E-state index in [9.17, 15) is 4.79 Å². The molecule has 4 heteroatoms. The Balaban J connectivity index is 3.88. The van der Waals surface area contributed by atoms with E-state index in [-0.39, 0.29) is 5.78 Å². The van der Waals surface area contributed by atoms with Gasteiger partial charge in [0, 0.05) is 14.2 Å². The molecule has 1 unspecified atom stereocenters. The van der Waals surface area contributed by atoms with Gasteiger partial charge in [0.1, 0.15) is 5.38 Å². The van der Waals surface area contributed by atoms with E-state index in [1.807, 2.05) is 0 Å². The van der Waals surface area contributed by atoms with Crippen LogP contribution >= 0.6 is 11.6 Å². The van der Waals surface area contributed by atoms with Crippen LogP contribution in [0.2, 0.25) is 0 Å². The Morgan fingerprint density at radius 3 is 1.90 bits per heavy atom. The standard InChI is InChI=1S/C6H11ClO3/c1-4(8)5(7)6(9-2)10-3/h5-6H,1-3H3. The van der Waals surface area contributed by atoms with Crippen LogP contribution in [0, 0.1) is 0 Å². The molecule has 0 fully saturated rings. The van der Waals surface area contributed by atoms with Crippen molar-refractivity contribution in [1.82, 2.24) is 0 Å². The minimum absolute atomic E-state index is 0.157. The van der Waals surface area contributed by atoms with Crippen molar-refractivity contribution < 1.29 is 14.3 Å². The second-order valence-corrected chi connectivity index (χ2v) is 2.32.